The summed E-state index contributed by atoms with van der Waals surface area (Å²) in [7, 11) is 1.29. The fraction of sp³-hybridized carbons (Fsp3) is 0.500. The lowest BCUT2D eigenvalue weighted by Crippen LogP contribution is -2.46. The van der Waals surface area contributed by atoms with Crippen molar-refractivity contribution in [2.24, 2.45) is 5.92 Å². The predicted molar refractivity (Wildman–Crippen MR) is 150 cm³/mol. The molecule has 39 heavy (non-hydrogen) atoms. The van der Waals surface area contributed by atoms with Gasteiger partial charge in [-0.2, -0.15) is 0 Å². The molecule has 1 atom stereocenters. The van der Waals surface area contributed by atoms with Crippen LogP contribution in [-0.4, -0.2) is 72.4 Å². The maximum atomic E-state index is 12.2. The molecule has 3 rings (SSSR count). The second-order valence-corrected chi connectivity index (χ2v) is 9.74. The maximum Gasteiger partial charge on any atom is 0.328 e. The standard InChI is InChI=1S/C16H20N2O5.C10H14O2.C4H10/c1-23-16(22)13-6-3-7-18(13)15(21)10-17-14(20)9-11-4-2-5-12(19)8-11;11-7-4-8-12-9-10-5-2-1-3-6-10;1-4(2)3/h2,4-5,8,13,19H,3,6-7,9-10H2,1H3,(H,17,20);1-3,5-6,11H,4,7-9H2;4H,1-3H3. The number of phenols is 1. The summed E-state index contributed by atoms with van der Waals surface area (Å²) in [6.45, 7) is 8.30. The van der Waals surface area contributed by atoms with Gasteiger partial charge in [-0.1, -0.05) is 63.2 Å². The minimum absolute atomic E-state index is 0.0715. The maximum absolute atomic E-state index is 12.2. The third kappa shape index (κ3) is 14.9. The summed E-state index contributed by atoms with van der Waals surface area (Å²) >= 11 is 0. The van der Waals surface area contributed by atoms with Crippen LogP contribution in [-0.2, 0) is 36.9 Å². The number of ether oxygens (including phenoxy) is 2. The molecule has 0 aliphatic carbocycles. The second-order valence-electron chi connectivity index (χ2n) is 9.74. The number of aromatic hydroxyl groups is 1. The summed E-state index contributed by atoms with van der Waals surface area (Å²) < 4.78 is 9.99. The molecule has 0 saturated carbocycles. The summed E-state index contributed by atoms with van der Waals surface area (Å²) in [4.78, 5) is 37.1. The summed E-state index contributed by atoms with van der Waals surface area (Å²) in [6, 6.07) is 15.8. The molecule has 0 aromatic heterocycles. The third-order valence-corrected chi connectivity index (χ3v) is 5.32. The Balaban J connectivity index is 0.000000396. The van der Waals surface area contributed by atoms with Gasteiger partial charge in [0.2, 0.25) is 11.8 Å². The van der Waals surface area contributed by atoms with Crippen molar-refractivity contribution in [3.63, 3.8) is 0 Å². The normalized spacial score (nSPS) is 14.0. The van der Waals surface area contributed by atoms with Crippen LogP contribution in [0.15, 0.2) is 54.6 Å². The SMILES string of the molecule is CC(C)C.COC(=O)C1CCCN1C(=O)CNC(=O)Cc1cccc(O)c1.OCCCOCc1ccccc1. The van der Waals surface area contributed by atoms with E-state index in [0.29, 0.717) is 38.2 Å². The van der Waals surface area contributed by atoms with Crippen molar-refractivity contribution in [1.29, 1.82) is 0 Å². The molecule has 9 nitrogen and oxygen atoms in total. The van der Waals surface area contributed by atoms with Crippen molar-refractivity contribution in [2.75, 3.05) is 33.4 Å². The molecule has 9 heteroatoms. The summed E-state index contributed by atoms with van der Waals surface area (Å²) in [5.41, 5.74) is 1.83. The van der Waals surface area contributed by atoms with Gasteiger partial charge in [-0.05, 0) is 48.4 Å². The van der Waals surface area contributed by atoms with Crippen molar-refractivity contribution < 1.29 is 34.1 Å². The Bertz CT molecular complexity index is 980. The number of benzene rings is 2. The van der Waals surface area contributed by atoms with Crippen LogP contribution in [0.3, 0.4) is 0 Å². The third-order valence-electron chi connectivity index (χ3n) is 5.32. The number of aliphatic hydroxyl groups excluding tert-OH is 1. The van der Waals surface area contributed by atoms with Gasteiger partial charge in [0.05, 0.1) is 26.7 Å². The molecule has 3 N–H and O–H groups in total. The fourth-order valence-electron chi connectivity index (χ4n) is 3.57. The topological polar surface area (TPSA) is 125 Å². The van der Waals surface area contributed by atoms with E-state index in [9.17, 15) is 19.5 Å². The van der Waals surface area contributed by atoms with Gasteiger partial charge in [-0.25, -0.2) is 4.79 Å². The van der Waals surface area contributed by atoms with E-state index < -0.39 is 12.0 Å². The van der Waals surface area contributed by atoms with Gasteiger partial charge in [-0.3, -0.25) is 9.59 Å². The van der Waals surface area contributed by atoms with Crippen molar-refractivity contribution in [3.8, 4) is 5.75 Å². The number of phenolic OH excluding ortho intramolecular Hbond substituents is 1. The highest BCUT2D eigenvalue weighted by Gasteiger charge is 2.34. The molecule has 2 aromatic carbocycles. The molecular formula is C30H44N2O7. The van der Waals surface area contributed by atoms with Gasteiger partial charge in [0.25, 0.3) is 0 Å². The largest absolute Gasteiger partial charge is 0.508 e. The first kappa shape index (κ1) is 33.6. The number of nitrogens with zero attached hydrogens (tertiary/aromatic N) is 1. The van der Waals surface area contributed by atoms with E-state index in [4.69, 9.17) is 9.84 Å². The van der Waals surface area contributed by atoms with Gasteiger partial charge >= 0.3 is 5.97 Å². The molecule has 0 bridgehead atoms. The van der Waals surface area contributed by atoms with Crippen molar-refractivity contribution in [3.05, 3.63) is 65.7 Å². The van der Waals surface area contributed by atoms with E-state index in [1.54, 1.807) is 12.1 Å². The first-order valence-electron chi connectivity index (χ1n) is 13.3. The van der Waals surface area contributed by atoms with E-state index >= 15 is 0 Å². The Morgan fingerprint density at radius 3 is 2.33 bits per heavy atom. The molecule has 0 spiro atoms. The number of amides is 2. The van der Waals surface area contributed by atoms with Gasteiger partial charge < -0.3 is 29.9 Å². The highest BCUT2D eigenvalue weighted by atomic mass is 16.5. The highest BCUT2D eigenvalue weighted by Crippen LogP contribution is 2.18. The Morgan fingerprint density at radius 1 is 1.05 bits per heavy atom. The quantitative estimate of drug-likeness (QED) is 0.309. The zero-order chi connectivity index (χ0) is 29.0. The molecule has 1 unspecified atom stereocenters. The van der Waals surface area contributed by atoms with E-state index in [1.165, 1.54) is 29.7 Å². The van der Waals surface area contributed by atoms with Crippen molar-refractivity contribution >= 4 is 17.8 Å². The van der Waals surface area contributed by atoms with Gasteiger partial charge in [-0.15, -0.1) is 0 Å². The van der Waals surface area contributed by atoms with Crippen LogP contribution in [0.2, 0.25) is 0 Å². The highest BCUT2D eigenvalue weighted by molar-refractivity contribution is 5.89. The minimum atomic E-state index is -0.560. The molecule has 1 aliphatic heterocycles. The number of esters is 1. The van der Waals surface area contributed by atoms with Gasteiger partial charge in [0, 0.05) is 19.8 Å². The van der Waals surface area contributed by atoms with Crippen LogP contribution in [0.1, 0.15) is 51.2 Å². The molecule has 1 fully saturated rings. The van der Waals surface area contributed by atoms with E-state index in [0.717, 1.165) is 12.3 Å². The first-order valence-corrected chi connectivity index (χ1v) is 13.3. The summed E-state index contributed by atoms with van der Waals surface area (Å²) in [5, 5.41) is 20.4. The van der Waals surface area contributed by atoms with E-state index in [1.807, 2.05) is 30.3 Å². The number of rotatable bonds is 10. The average Bonchev–Trinajstić information content (AvgIpc) is 3.40. The zero-order valence-electron chi connectivity index (χ0n) is 23.6. The summed E-state index contributed by atoms with van der Waals surface area (Å²) in [5.74, 6) is -0.133. The first-order chi connectivity index (χ1) is 18.7. The van der Waals surface area contributed by atoms with Gasteiger partial charge in [0.1, 0.15) is 11.8 Å². The molecule has 1 saturated heterocycles. The van der Waals surface area contributed by atoms with E-state index in [-0.39, 0.29) is 37.1 Å². The number of hydrogen-bond acceptors (Lipinski definition) is 7. The molecular weight excluding hydrogens is 500 g/mol. The number of nitrogens with one attached hydrogen (secondary N) is 1. The monoisotopic (exact) mass is 544 g/mol. The molecule has 0 radical (unpaired) electrons. The Labute approximate surface area is 232 Å². The zero-order valence-corrected chi connectivity index (χ0v) is 23.6. The predicted octanol–water partition coefficient (Wildman–Crippen LogP) is 3.46. The Hall–Kier alpha value is -3.43. The molecule has 216 valence electrons. The van der Waals surface area contributed by atoms with Crippen LogP contribution >= 0.6 is 0 Å². The van der Waals surface area contributed by atoms with Crippen LogP contribution in [0.5, 0.6) is 5.75 Å². The Kier molecular flexibility index (Phi) is 16.9. The van der Waals surface area contributed by atoms with Crippen molar-refractivity contribution in [1.82, 2.24) is 10.2 Å². The smallest absolute Gasteiger partial charge is 0.328 e. The lowest BCUT2D eigenvalue weighted by atomic mass is 10.1. The number of aliphatic hydroxyl groups is 1. The van der Waals surface area contributed by atoms with Crippen LogP contribution in [0, 0.1) is 5.92 Å². The van der Waals surface area contributed by atoms with Gasteiger partial charge in [0.15, 0.2) is 0 Å². The van der Waals surface area contributed by atoms with E-state index in [2.05, 4.69) is 30.8 Å². The van der Waals surface area contributed by atoms with Crippen LogP contribution in [0.25, 0.3) is 0 Å². The molecule has 2 amide bonds. The molecule has 1 aliphatic rings. The minimum Gasteiger partial charge on any atom is -0.508 e. The lowest BCUT2D eigenvalue weighted by molar-refractivity contribution is -0.150. The van der Waals surface area contributed by atoms with Crippen LogP contribution in [0.4, 0.5) is 0 Å². The molecule has 2 aromatic rings. The number of likely N-dealkylation sites (tertiary alicyclic amines) is 1. The van der Waals surface area contributed by atoms with Crippen LogP contribution < -0.4 is 5.32 Å². The number of carbonyl (C=O) groups excluding carboxylic acids is 3. The number of carbonyl (C=O) groups is 3. The summed E-state index contributed by atoms with van der Waals surface area (Å²) in [6.07, 6.45) is 2.10. The number of hydrogen-bond donors (Lipinski definition) is 3. The lowest BCUT2D eigenvalue weighted by Gasteiger charge is -2.22. The average molecular weight is 545 g/mol. The van der Waals surface area contributed by atoms with Crippen molar-refractivity contribution in [2.45, 2.75) is 59.1 Å². The molecule has 1 heterocycles. The number of methoxy groups -OCH3 is 1. The second kappa shape index (κ2) is 19.6. The Morgan fingerprint density at radius 2 is 1.72 bits per heavy atom. The fourth-order valence-corrected chi connectivity index (χ4v) is 3.57.